The molecule has 20 heavy (non-hydrogen) atoms. The zero-order valence-electron chi connectivity index (χ0n) is 11.8. The predicted molar refractivity (Wildman–Crippen MR) is 77.5 cm³/mol. The summed E-state index contributed by atoms with van der Waals surface area (Å²) < 4.78 is 26.7. The maximum atomic E-state index is 12.1. The zero-order chi connectivity index (χ0) is 15.3. The van der Waals surface area contributed by atoms with Crippen molar-refractivity contribution in [2.45, 2.75) is 31.6 Å². The molecule has 0 heterocycles. The van der Waals surface area contributed by atoms with E-state index in [1.807, 2.05) is 6.92 Å². The molecule has 1 aromatic carbocycles. The minimum atomic E-state index is -3.73. The van der Waals surface area contributed by atoms with E-state index in [2.05, 4.69) is 10.0 Å². The third-order valence-corrected chi connectivity index (χ3v) is 4.47. The molecule has 0 atom stereocenters. The van der Waals surface area contributed by atoms with Gasteiger partial charge in [0.25, 0.3) is 5.69 Å². The van der Waals surface area contributed by atoms with Gasteiger partial charge < -0.3 is 5.32 Å². The van der Waals surface area contributed by atoms with Gasteiger partial charge in [0, 0.05) is 19.7 Å². The van der Waals surface area contributed by atoms with Crippen LogP contribution in [0, 0.1) is 17.0 Å². The standard InChI is InChI=1S/C12H19N3O4S/c1-4-5-6-14-20(18,19)12-8-11(15(16)17)10(13-3)7-9(12)2/h7-8,13-14H,4-6H2,1-3H3. The summed E-state index contributed by atoms with van der Waals surface area (Å²) in [5.74, 6) is 0. The molecule has 8 heteroatoms. The highest BCUT2D eigenvalue weighted by molar-refractivity contribution is 7.89. The largest absolute Gasteiger partial charge is 0.383 e. The number of anilines is 1. The van der Waals surface area contributed by atoms with E-state index in [1.54, 1.807) is 14.0 Å². The lowest BCUT2D eigenvalue weighted by atomic mass is 10.2. The molecule has 0 spiro atoms. The summed E-state index contributed by atoms with van der Waals surface area (Å²) in [4.78, 5) is 10.3. The van der Waals surface area contributed by atoms with Crippen LogP contribution in [0.25, 0.3) is 0 Å². The number of nitrogens with one attached hydrogen (secondary N) is 2. The first-order valence-electron chi connectivity index (χ1n) is 6.30. The summed E-state index contributed by atoms with van der Waals surface area (Å²) in [7, 11) is -2.18. The number of nitro groups is 1. The smallest absolute Gasteiger partial charge is 0.293 e. The minimum Gasteiger partial charge on any atom is -0.383 e. The van der Waals surface area contributed by atoms with Crippen LogP contribution in [-0.2, 0) is 10.0 Å². The zero-order valence-corrected chi connectivity index (χ0v) is 12.6. The fraction of sp³-hybridized carbons (Fsp3) is 0.500. The molecule has 0 aromatic heterocycles. The Hall–Kier alpha value is -1.67. The molecular weight excluding hydrogens is 282 g/mol. The SMILES string of the molecule is CCCCNS(=O)(=O)c1cc([N+](=O)[O-])c(NC)cc1C. The number of aryl methyl sites for hydroxylation is 1. The van der Waals surface area contributed by atoms with Crippen molar-refractivity contribution < 1.29 is 13.3 Å². The molecule has 2 N–H and O–H groups in total. The summed E-state index contributed by atoms with van der Waals surface area (Å²) >= 11 is 0. The Kier molecular flexibility index (Phi) is 5.46. The van der Waals surface area contributed by atoms with Gasteiger partial charge in [0.15, 0.2) is 0 Å². The van der Waals surface area contributed by atoms with Crippen LogP contribution in [0.1, 0.15) is 25.3 Å². The van der Waals surface area contributed by atoms with Crippen LogP contribution < -0.4 is 10.0 Å². The number of benzene rings is 1. The van der Waals surface area contributed by atoms with Crippen LogP contribution in [-0.4, -0.2) is 26.9 Å². The number of sulfonamides is 1. The lowest BCUT2D eigenvalue weighted by molar-refractivity contribution is -0.384. The molecule has 0 radical (unpaired) electrons. The number of hydrogen-bond donors (Lipinski definition) is 2. The third kappa shape index (κ3) is 3.67. The van der Waals surface area contributed by atoms with E-state index in [0.29, 0.717) is 17.8 Å². The van der Waals surface area contributed by atoms with Crippen molar-refractivity contribution in [3.63, 3.8) is 0 Å². The number of hydrogen-bond acceptors (Lipinski definition) is 5. The Bertz CT molecular complexity index is 599. The van der Waals surface area contributed by atoms with Crippen molar-refractivity contribution in [1.82, 2.24) is 4.72 Å². The fourth-order valence-corrected chi connectivity index (χ4v) is 3.10. The van der Waals surface area contributed by atoms with Crippen LogP contribution in [0.15, 0.2) is 17.0 Å². The third-order valence-electron chi connectivity index (χ3n) is 2.87. The molecule has 1 aromatic rings. The Morgan fingerprint density at radius 1 is 1.35 bits per heavy atom. The second-order valence-electron chi connectivity index (χ2n) is 4.39. The van der Waals surface area contributed by atoms with Gasteiger partial charge >= 0.3 is 0 Å². The average molecular weight is 301 g/mol. The first kappa shape index (κ1) is 16.4. The van der Waals surface area contributed by atoms with Gasteiger partial charge in [0.05, 0.1) is 9.82 Å². The number of unbranched alkanes of at least 4 members (excludes halogenated alkanes) is 1. The number of nitro benzene ring substituents is 1. The highest BCUT2D eigenvalue weighted by Gasteiger charge is 2.23. The van der Waals surface area contributed by atoms with Gasteiger partial charge in [-0.25, -0.2) is 13.1 Å². The molecule has 0 bridgehead atoms. The van der Waals surface area contributed by atoms with E-state index >= 15 is 0 Å². The van der Waals surface area contributed by atoms with E-state index in [0.717, 1.165) is 18.9 Å². The highest BCUT2D eigenvalue weighted by atomic mass is 32.2. The molecule has 0 fully saturated rings. The van der Waals surface area contributed by atoms with Crippen molar-refractivity contribution in [2.75, 3.05) is 18.9 Å². The lowest BCUT2D eigenvalue weighted by Gasteiger charge is -2.11. The quantitative estimate of drug-likeness (QED) is 0.456. The van der Waals surface area contributed by atoms with Gasteiger partial charge in [0.1, 0.15) is 5.69 Å². The van der Waals surface area contributed by atoms with Crippen molar-refractivity contribution >= 4 is 21.4 Å². The van der Waals surface area contributed by atoms with Crippen molar-refractivity contribution in [3.8, 4) is 0 Å². The second-order valence-corrected chi connectivity index (χ2v) is 6.13. The van der Waals surface area contributed by atoms with Gasteiger partial charge in [-0.2, -0.15) is 0 Å². The predicted octanol–water partition coefficient (Wildman–Crippen LogP) is 2.02. The van der Waals surface area contributed by atoms with Crippen LogP contribution in [0.4, 0.5) is 11.4 Å². The Morgan fingerprint density at radius 2 is 2.00 bits per heavy atom. The van der Waals surface area contributed by atoms with Gasteiger partial charge in [-0.1, -0.05) is 13.3 Å². The minimum absolute atomic E-state index is 0.0562. The number of rotatable bonds is 7. The molecule has 0 unspecified atom stereocenters. The van der Waals surface area contributed by atoms with Crippen LogP contribution in [0.3, 0.4) is 0 Å². The topological polar surface area (TPSA) is 101 Å². The second kappa shape index (κ2) is 6.67. The highest BCUT2D eigenvalue weighted by Crippen LogP contribution is 2.30. The Labute approximate surface area is 118 Å². The maximum Gasteiger partial charge on any atom is 0.293 e. The molecule has 0 aliphatic heterocycles. The van der Waals surface area contributed by atoms with Crippen molar-refractivity contribution in [1.29, 1.82) is 0 Å². The molecule has 112 valence electrons. The van der Waals surface area contributed by atoms with Crippen molar-refractivity contribution in [2.24, 2.45) is 0 Å². The normalized spacial score (nSPS) is 11.3. The van der Waals surface area contributed by atoms with E-state index in [-0.39, 0.29) is 10.6 Å². The Balaban J connectivity index is 3.24. The molecule has 1 rings (SSSR count). The molecule has 0 saturated heterocycles. The number of nitrogens with zero attached hydrogens (tertiary/aromatic N) is 1. The molecule has 0 aliphatic rings. The molecular formula is C12H19N3O4S. The van der Waals surface area contributed by atoms with Gasteiger partial charge in [-0.3, -0.25) is 10.1 Å². The summed E-state index contributed by atoms with van der Waals surface area (Å²) in [6, 6.07) is 2.56. The van der Waals surface area contributed by atoms with Gasteiger partial charge in [-0.15, -0.1) is 0 Å². The van der Waals surface area contributed by atoms with Crippen LogP contribution in [0.2, 0.25) is 0 Å². The molecule has 0 amide bonds. The molecule has 7 nitrogen and oxygen atoms in total. The summed E-state index contributed by atoms with van der Waals surface area (Å²) in [5, 5.41) is 13.7. The monoisotopic (exact) mass is 301 g/mol. The lowest BCUT2D eigenvalue weighted by Crippen LogP contribution is -2.25. The van der Waals surface area contributed by atoms with Gasteiger partial charge in [0.2, 0.25) is 10.0 Å². The van der Waals surface area contributed by atoms with Gasteiger partial charge in [-0.05, 0) is 25.0 Å². The Morgan fingerprint density at radius 3 is 2.50 bits per heavy atom. The molecule has 0 saturated carbocycles. The molecule has 0 aliphatic carbocycles. The fourth-order valence-electron chi connectivity index (χ4n) is 1.78. The van der Waals surface area contributed by atoms with Crippen molar-refractivity contribution in [3.05, 3.63) is 27.8 Å². The summed E-state index contributed by atoms with van der Waals surface area (Å²) in [5.41, 5.74) is 0.498. The summed E-state index contributed by atoms with van der Waals surface area (Å²) in [6.45, 7) is 3.88. The van der Waals surface area contributed by atoms with E-state index in [4.69, 9.17) is 0 Å². The van der Waals surface area contributed by atoms with E-state index in [9.17, 15) is 18.5 Å². The summed E-state index contributed by atoms with van der Waals surface area (Å²) in [6.07, 6.45) is 1.58. The van der Waals surface area contributed by atoms with Crippen LogP contribution >= 0.6 is 0 Å². The van der Waals surface area contributed by atoms with Crippen LogP contribution in [0.5, 0.6) is 0 Å². The maximum absolute atomic E-state index is 12.1. The first-order chi connectivity index (χ1) is 9.33. The van der Waals surface area contributed by atoms with E-state index in [1.165, 1.54) is 6.07 Å². The average Bonchev–Trinajstić information content (AvgIpc) is 2.37. The van der Waals surface area contributed by atoms with E-state index < -0.39 is 14.9 Å². The first-order valence-corrected chi connectivity index (χ1v) is 7.78.